The summed E-state index contributed by atoms with van der Waals surface area (Å²) >= 11 is 3.37. The summed E-state index contributed by atoms with van der Waals surface area (Å²) in [4.78, 5) is 0.358. The SMILES string of the molecule is CC(Br)CCc1ccc(F)cc1F. The fraction of sp³-hybridized carbons (Fsp3) is 0.400. The predicted octanol–water partition coefficient (Wildman–Crippen LogP) is 3.68. The average molecular weight is 249 g/mol. The second kappa shape index (κ2) is 4.70. The lowest BCUT2D eigenvalue weighted by Crippen LogP contribution is -1.97. The Morgan fingerprint density at radius 3 is 2.62 bits per heavy atom. The van der Waals surface area contributed by atoms with Gasteiger partial charge in [-0.25, -0.2) is 8.78 Å². The largest absolute Gasteiger partial charge is 0.207 e. The fourth-order valence-corrected chi connectivity index (χ4v) is 1.31. The molecule has 0 radical (unpaired) electrons. The Hall–Kier alpha value is -0.440. The van der Waals surface area contributed by atoms with E-state index in [1.807, 2.05) is 6.92 Å². The van der Waals surface area contributed by atoms with Crippen LogP contribution in [0, 0.1) is 11.6 Å². The molecular weight excluding hydrogens is 238 g/mol. The van der Waals surface area contributed by atoms with Crippen LogP contribution in [0.1, 0.15) is 18.9 Å². The maximum Gasteiger partial charge on any atom is 0.129 e. The Morgan fingerprint density at radius 1 is 1.38 bits per heavy atom. The number of alkyl halides is 1. The zero-order valence-corrected chi connectivity index (χ0v) is 8.94. The summed E-state index contributed by atoms with van der Waals surface area (Å²) in [6.45, 7) is 2.00. The molecule has 0 nitrogen and oxygen atoms in total. The average Bonchev–Trinajstić information content (AvgIpc) is 2.02. The van der Waals surface area contributed by atoms with Crippen molar-refractivity contribution in [2.75, 3.05) is 0 Å². The maximum atomic E-state index is 13.0. The van der Waals surface area contributed by atoms with E-state index in [1.165, 1.54) is 12.1 Å². The molecule has 0 saturated carbocycles. The molecule has 3 heteroatoms. The van der Waals surface area contributed by atoms with Crippen molar-refractivity contribution in [2.45, 2.75) is 24.6 Å². The molecule has 1 atom stereocenters. The van der Waals surface area contributed by atoms with Crippen LogP contribution in [0.3, 0.4) is 0 Å². The van der Waals surface area contributed by atoms with E-state index >= 15 is 0 Å². The highest BCUT2D eigenvalue weighted by Gasteiger charge is 2.04. The van der Waals surface area contributed by atoms with Gasteiger partial charge in [-0.2, -0.15) is 0 Å². The van der Waals surface area contributed by atoms with E-state index in [4.69, 9.17) is 0 Å². The Morgan fingerprint density at radius 2 is 2.08 bits per heavy atom. The molecule has 0 heterocycles. The third kappa shape index (κ3) is 3.43. The first-order valence-corrected chi connectivity index (χ1v) is 5.09. The number of hydrogen-bond donors (Lipinski definition) is 0. The summed E-state index contributed by atoms with van der Waals surface area (Å²) < 4.78 is 25.5. The van der Waals surface area contributed by atoms with Crippen molar-refractivity contribution < 1.29 is 8.78 Å². The minimum Gasteiger partial charge on any atom is -0.207 e. The van der Waals surface area contributed by atoms with E-state index in [0.717, 1.165) is 12.5 Å². The molecule has 72 valence electrons. The van der Waals surface area contributed by atoms with E-state index in [-0.39, 0.29) is 0 Å². The fourth-order valence-electron chi connectivity index (χ4n) is 1.08. The van der Waals surface area contributed by atoms with Crippen LogP contribution in [0.2, 0.25) is 0 Å². The second-order valence-corrected chi connectivity index (χ2v) is 4.62. The second-order valence-electron chi connectivity index (χ2n) is 3.06. The van der Waals surface area contributed by atoms with Crippen molar-refractivity contribution in [3.8, 4) is 0 Å². The zero-order valence-electron chi connectivity index (χ0n) is 7.36. The minimum atomic E-state index is -0.520. The molecule has 0 saturated heterocycles. The van der Waals surface area contributed by atoms with Gasteiger partial charge < -0.3 is 0 Å². The standard InChI is InChI=1S/C10H11BrF2/c1-7(11)2-3-8-4-5-9(12)6-10(8)13/h4-7H,2-3H2,1H3. The number of rotatable bonds is 3. The molecule has 0 N–H and O–H groups in total. The topological polar surface area (TPSA) is 0 Å². The zero-order chi connectivity index (χ0) is 9.84. The molecule has 0 fully saturated rings. The van der Waals surface area contributed by atoms with Crippen molar-refractivity contribution in [2.24, 2.45) is 0 Å². The van der Waals surface area contributed by atoms with Crippen molar-refractivity contribution in [3.05, 3.63) is 35.4 Å². The smallest absolute Gasteiger partial charge is 0.129 e. The normalized spacial score (nSPS) is 12.9. The molecule has 1 aromatic rings. The predicted molar refractivity (Wildman–Crippen MR) is 53.1 cm³/mol. The van der Waals surface area contributed by atoms with Crippen LogP contribution in [-0.2, 0) is 6.42 Å². The van der Waals surface area contributed by atoms with Crippen molar-refractivity contribution in [1.82, 2.24) is 0 Å². The van der Waals surface area contributed by atoms with E-state index in [2.05, 4.69) is 15.9 Å². The summed E-state index contributed by atoms with van der Waals surface area (Å²) in [5.41, 5.74) is 0.577. The van der Waals surface area contributed by atoms with E-state index in [0.29, 0.717) is 16.8 Å². The van der Waals surface area contributed by atoms with E-state index < -0.39 is 11.6 Å². The Balaban J connectivity index is 2.67. The minimum absolute atomic E-state index is 0.358. The van der Waals surface area contributed by atoms with Gasteiger partial charge in [0, 0.05) is 10.9 Å². The molecule has 0 aromatic heterocycles. The van der Waals surface area contributed by atoms with Crippen LogP contribution in [0.15, 0.2) is 18.2 Å². The monoisotopic (exact) mass is 248 g/mol. The van der Waals surface area contributed by atoms with Gasteiger partial charge in [0.05, 0.1) is 0 Å². The van der Waals surface area contributed by atoms with Crippen LogP contribution >= 0.6 is 15.9 Å². The summed E-state index contributed by atoms with van der Waals surface area (Å²) in [5, 5.41) is 0. The molecule has 1 aromatic carbocycles. The number of aryl methyl sites for hydroxylation is 1. The number of halogens is 3. The van der Waals surface area contributed by atoms with Gasteiger partial charge in [0.2, 0.25) is 0 Å². The third-order valence-corrected chi connectivity index (χ3v) is 2.28. The molecule has 13 heavy (non-hydrogen) atoms. The lowest BCUT2D eigenvalue weighted by Gasteiger charge is -2.04. The van der Waals surface area contributed by atoms with Gasteiger partial charge in [0.15, 0.2) is 0 Å². The van der Waals surface area contributed by atoms with Gasteiger partial charge in [-0.05, 0) is 24.5 Å². The summed E-state index contributed by atoms with van der Waals surface area (Å²) in [6, 6.07) is 3.71. The molecule has 0 spiro atoms. The van der Waals surface area contributed by atoms with Gasteiger partial charge >= 0.3 is 0 Å². The van der Waals surface area contributed by atoms with Crippen LogP contribution < -0.4 is 0 Å². The lowest BCUT2D eigenvalue weighted by molar-refractivity contribution is 0.569. The Labute approximate surface area is 85.1 Å². The van der Waals surface area contributed by atoms with E-state index in [1.54, 1.807) is 0 Å². The molecular formula is C10H11BrF2. The number of benzene rings is 1. The van der Waals surface area contributed by atoms with Crippen LogP contribution in [-0.4, -0.2) is 4.83 Å². The molecule has 0 aliphatic heterocycles. The first kappa shape index (κ1) is 10.6. The van der Waals surface area contributed by atoms with Crippen LogP contribution in [0.25, 0.3) is 0 Å². The van der Waals surface area contributed by atoms with Crippen LogP contribution in [0.4, 0.5) is 8.78 Å². The number of hydrogen-bond acceptors (Lipinski definition) is 0. The lowest BCUT2D eigenvalue weighted by atomic mass is 10.1. The summed E-state index contributed by atoms with van der Waals surface area (Å²) in [6.07, 6.45) is 1.49. The molecule has 1 unspecified atom stereocenters. The van der Waals surface area contributed by atoms with E-state index in [9.17, 15) is 8.78 Å². The molecule has 0 bridgehead atoms. The Bertz CT molecular complexity index is 284. The van der Waals surface area contributed by atoms with Crippen molar-refractivity contribution in [3.63, 3.8) is 0 Å². The van der Waals surface area contributed by atoms with Crippen molar-refractivity contribution >= 4 is 15.9 Å². The van der Waals surface area contributed by atoms with Gasteiger partial charge in [0.25, 0.3) is 0 Å². The van der Waals surface area contributed by atoms with Gasteiger partial charge in [0.1, 0.15) is 11.6 Å². The van der Waals surface area contributed by atoms with Gasteiger partial charge in [-0.15, -0.1) is 0 Å². The molecule has 1 rings (SSSR count). The van der Waals surface area contributed by atoms with Crippen LogP contribution in [0.5, 0.6) is 0 Å². The highest BCUT2D eigenvalue weighted by Crippen LogP contribution is 2.14. The summed E-state index contributed by atoms with van der Waals surface area (Å²) in [5.74, 6) is -0.971. The maximum absolute atomic E-state index is 13.0. The Kier molecular flexibility index (Phi) is 3.85. The molecule has 0 aliphatic carbocycles. The van der Waals surface area contributed by atoms with Crippen molar-refractivity contribution in [1.29, 1.82) is 0 Å². The third-order valence-electron chi connectivity index (χ3n) is 1.83. The molecule has 0 aliphatic rings. The van der Waals surface area contributed by atoms with Gasteiger partial charge in [-0.3, -0.25) is 0 Å². The summed E-state index contributed by atoms with van der Waals surface area (Å²) in [7, 11) is 0. The molecule has 0 amide bonds. The first-order chi connectivity index (χ1) is 6.09. The first-order valence-electron chi connectivity index (χ1n) is 4.17. The quantitative estimate of drug-likeness (QED) is 0.717. The highest BCUT2D eigenvalue weighted by molar-refractivity contribution is 9.09. The highest BCUT2D eigenvalue weighted by atomic mass is 79.9. The van der Waals surface area contributed by atoms with Gasteiger partial charge in [-0.1, -0.05) is 28.9 Å².